The van der Waals surface area contributed by atoms with Crippen molar-refractivity contribution < 1.29 is 13.2 Å². The van der Waals surface area contributed by atoms with Crippen LogP contribution in [0.1, 0.15) is 5.82 Å². The number of fused-ring (bicyclic) bond motifs is 1. The third kappa shape index (κ3) is 3.38. The standard InChI is InChI=1S/C14H7Cl2F3N8/c15-7-3-9(16)12(20-4-7)26-6-8(5-21-26)22-10-1-2-11-23-24-13(14(17,18)19)27(11)25-10/h1-6H,(H,22,25). The van der Waals surface area contributed by atoms with Gasteiger partial charge in [0, 0.05) is 6.20 Å². The van der Waals surface area contributed by atoms with E-state index in [0.29, 0.717) is 21.0 Å². The molecule has 0 spiro atoms. The van der Waals surface area contributed by atoms with Crippen molar-refractivity contribution in [2.75, 3.05) is 5.32 Å². The molecule has 0 radical (unpaired) electrons. The summed E-state index contributed by atoms with van der Waals surface area (Å²) in [6.45, 7) is 0. The molecule has 0 unspecified atom stereocenters. The Balaban J connectivity index is 1.64. The van der Waals surface area contributed by atoms with Gasteiger partial charge in [0.15, 0.2) is 17.3 Å². The molecule has 27 heavy (non-hydrogen) atoms. The van der Waals surface area contributed by atoms with Gasteiger partial charge in [0.2, 0.25) is 0 Å². The van der Waals surface area contributed by atoms with Gasteiger partial charge < -0.3 is 5.32 Å². The number of pyridine rings is 1. The van der Waals surface area contributed by atoms with Gasteiger partial charge in [-0.15, -0.1) is 15.3 Å². The highest BCUT2D eigenvalue weighted by Crippen LogP contribution is 2.28. The van der Waals surface area contributed by atoms with Gasteiger partial charge in [0.1, 0.15) is 0 Å². The highest BCUT2D eigenvalue weighted by Gasteiger charge is 2.37. The number of aromatic nitrogens is 7. The summed E-state index contributed by atoms with van der Waals surface area (Å²) in [6.07, 6.45) is -0.273. The first-order chi connectivity index (χ1) is 12.8. The lowest BCUT2D eigenvalue weighted by Gasteiger charge is -2.06. The Morgan fingerprint density at radius 1 is 1.07 bits per heavy atom. The predicted molar refractivity (Wildman–Crippen MR) is 90.4 cm³/mol. The molecule has 0 bridgehead atoms. The molecule has 138 valence electrons. The molecule has 0 aliphatic heterocycles. The van der Waals surface area contributed by atoms with Crippen LogP contribution in [0.3, 0.4) is 0 Å². The Hall–Kier alpha value is -2.92. The Morgan fingerprint density at radius 2 is 1.89 bits per heavy atom. The van der Waals surface area contributed by atoms with E-state index in [4.69, 9.17) is 23.2 Å². The lowest BCUT2D eigenvalue weighted by molar-refractivity contribution is -0.146. The molecule has 0 atom stereocenters. The summed E-state index contributed by atoms with van der Waals surface area (Å²) in [5.74, 6) is -0.729. The molecule has 1 N–H and O–H groups in total. The number of hydrogen-bond donors (Lipinski definition) is 1. The van der Waals surface area contributed by atoms with E-state index in [1.54, 1.807) is 6.20 Å². The van der Waals surface area contributed by atoms with Crippen molar-refractivity contribution in [2.45, 2.75) is 6.18 Å². The Kier molecular flexibility index (Phi) is 4.12. The average Bonchev–Trinajstić information content (AvgIpc) is 3.21. The highest BCUT2D eigenvalue weighted by atomic mass is 35.5. The van der Waals surface area contributed by atoms with Gasteiger partial charge in [0.05, 0.1) is 28.1 Å². The number of hydrogen-bond acceptors (Lipinski definition) is 6. The zero-order valence-corrected chi connectivity index (χ0v) is 14.5. The third-order valence-electron chi connectivity index (χ3n) is 3.38. The van der Waals surface area contributed by atoms with Crippen LogP contribution in [0.5, 0.6) is 0 Å². The van der Waals surface area contributed by atoms with E-state index in [0.717, 1.165) is 0 Å². The summed E-state index contributed by atoms with van der Waals surface area (Å²) in [7, 11) is 0. The van der Waals surface area contributed by atoms with Crippen LogP contribution in [0.25, 0.3) is 11.5 Å². The summed E-state index contributed by atoms with van der Waals surface area (Å²) in [4.78, 5) is 4.09. The minimum atomic E-state index is -4.67. The van der Waals surface area contributed by atoms with Gasteiger partial charge in [-0.1, -0.05) is 23.2 Å². The van der Waals surface area contributed by atoms with Crippen LogP contribution in [0, 0.1) is 0 Å². The third-order valence-corrected chi connectivity index (χ3v) is 3.86. The van der Waals surface area contributed by atoms with Crippen LogP contribution in [0.2, 0.25) is 10.0 Å². The molecule has 0 saturated carbocycles. The zero-order chi connectivity index (χ0) is 19.2. The van der Waals surface area contributed by atoms with Crippen LogP contribution in [0.4, 0.5) is 24.7 Å². The van der Waals surface area contributed by atoms with Crippen molar-refractivity contribution in [2.24, 2.45) is 0 Å². The zero-order valence-electron chi connectivity index (χ0n) is 13.0. The van der Waals surface area contributed by atoms with Gasteiger partial charge in [-0.05, 0) is 18.2 Å². The predicted octanol–water partition coefficient (Wildman–Crippen LogP) is 3.77. The molecular weight excluding hydrogens is 408 g/mol. The van der Waals surface area contributed by atoms with E-state index >= 15 is 0 Å². The fourth-order valence-corrected chi connectivity index (χ4v) is 2.73. The van der Waals surface area contributed by atoms with Gasteiger partial charge in [-0.3, -0.25) is 0 Å². The fraction of sp³-hybridized carbons (Fsp3) is 0.0714. The van der Waals surface area contributed by atoms with Crippen LogP contribution in [-0.4, -0.2) is 34.6 Å². The monoisotopic (exact) mass is 414 g/mol. The smallest absolute Gasteiger partial charge is 0.336 e. The van der Waals surface area contributed by atoms with Crippen LogP contribution < -0.4 is 5.32 Å². The molecule has 0 saturated heterocycles. The van der Waals surface area contributed by atoms with E-state index in [1.165, 1.54) is 35.3 Å². The van der Waals surface area contributed by atoms with Crippen LogP contribution in [-0.2, 0) is 6.18 Å². The maximum Gasteiger partial charge on any atom is 0.453 e. The number of anilines is 2. The second kappa shape index (κ2) is 6.35. The summed E-state index contributed by atoms with van der Waals surface area (Å²) in [5, 5.41) is 18.1. The largest absolute Gasteiger partial charge is 0.453 e. The van der Waals surface area contributed by atoms with Crippen molar-refractivity contribution in [1.29, 1.82) is 0 Å². The molecule has 8 nitrogen and oxygen atoms in total. The number of nitrogens with zero attached hydrogens (tertiary/aromatic N) is 7. The van der Waals surface area contributed by atoms with Gasteiger partial charge >= 0.3 is 6.18 Å². The van der Waals surface area contributed by atoms with Gasteiger partial charge in [-0.25, -0.2) is 9.67 Å². The van der Waals surface area contributed by atoms with E-state index in [-0.39, 0.29) is 16.5 Å². The summed E-state index contributed by atoms with van der Waals surface area (Å²) in [5.41, 5.74) is 0.428. The van der Waals surface area contributed by atoms with E-state index < -0.39 is 12.0 Å². The summed E-state index contributed by atoms with van der Waals surface area (Å²) >= 11 is 11.9. The second-order valence-electron chi connectivity index (χ2n) is 5.27. The maximum atomic E-state index is 12.9. The molecule has 4 rings (SSSR count). The fourth-order valence-electron chi connectivity index (χ4n) is 2.26. The maximum absolute atomic E-state index is 12.9. The SMILES string of the molecule is FC(F)(F)c1nnc2ccc(Nc3cnn(-c4ncc(Cl)cc4Cl)c3)nn12. The first-order valence-electron chi connectivity index (χ1n) is 7.24. The lowest BCUT2D eigenvalue weighted by atomic mass is 10.4. The molecule has 0 aliphatic carbocycles. The minimum absolute atomic E-state index is 0.0271. The number of rotatable bonds is 3. The van der Waals surface area contributed by atoms with Gasteiger partial charge in [-0.2, -0.15) is 22.8 Å². The second-order valence-corrected chi connectivity index (χ2v) is 6.11. The molecule has 4 heterocycles. The molecule has 13 heteroatoms. The quantitative estimate of drug-likeness (QED) is 0.548. The van der Waals surface area contributed by atoms with Crippen molar-refractivity contribution in [1.82, 2.24) is 34.6 Å². The van der Waals surface area contributed by atoms with E-state index in [2.05, 4.69) is 30.7 Å². The Bertz CT molecular complexity index is 1140. The number of alkyl halides is 3. The molecule has 0 amide bonds. The van der Waals surface area contributed by atoms with Crippen molar-refractivity contribution in [3.05, 3.63) is 52.7 Å². The first kappa shape index (κ1) is 17.5. The molecule has 0 aromatic carbocycles. The minimum Gasteiger partial charge on any atom is -0.336 e. The number of nitrogens with one attached hydrogen (secondary N) is 1. The Labute approximate surface area is 158 Å². The summed E-state index contributed by atoms with van der Waals surface area (Å²) in [6, 6.07) is 4.34. The topological polar surface area (TPSA) is 85.8 Å². The van der Waals surface area contributed by atoms with Crippen molar-refractivity contribution >= 4 is 40.4 Å². The normalized spacial score (nSPS) is 11.9. The Morgan fingerprint density at radius 3 is 2.63 bits per heavy atom. The molecule has 4 aromatic rings. The lowest BCUT2D eigenvalue weighted by Crippen LogP contribution is -2.13. The summed E-state index contributed by atoms with van der Waals surface area (Å²) < 4.78 is 40.8. The number of halogens is 5. The molecule has 4 aromatic heterocycles. The van der Waals surface area contributed by atoms with E-state index in [9.17, 15) is 13.2 Å². The van der Waals surface area contributed by atoms with Crippen molar-refractivity contribution in [3.63, 3.8) is 0 Å². The highest BCUT2D eigenvalue weighted by molar-refractivity contribution is 6.35. The van der Waals surface area contributed by atoms with Gasteiger partial charge in [0.25, 0.3) is 5.82 Å². The average molecular weight is 415 g/mol. The molecule has 0 fully saturated rings. The van der Waals surface area contributed by atoms with E-state index in [1.807, 2.05) is 0 Å². The van der Waals surface area contributed by atoms with Crippen molar-refractivity contribution in [3.8, 4) is 5.82 Å². The van der Waals surface area contributed by atoms with Crippen LogP contribution >= 0.6 is 23.2 Å². The van der Waals surface area contributed by atoms with Crippen LogP contribution in [0.15, 0.2) is 36.8 Å². The molecule has 0 aliphatic rings. The molecular formula is C14H7Cl2F3N8. The first-order valence-corrected chi connectivity index (χ1v) is 7.99.